The van der Waals surface area contributed by atoms with Crippen LogP contribution in [0, 0.1) is 12.8 Å². The molecule has 0 spiro atoms. The third-order valence-corrected chi connectivity index (χ3v) is 5.10. The topological polar surface area (TPSA) is 46.6 Å². The summed E-state index contributed by atoms with van der Waals surface area (Å²) in [5.41, 5.74) is 2.53. The maximum absolute atomic E-state index is 12.4. The normalized spacial score (nSPS) is 17.8. The zero-order valence-electron chi connectivity index (χ0n) is 13.9. The number of carbonyl (C=O) groups excluding carboxylic acids is 2. The summed E-state index contributed by atoms with van der Waals surface area (Å²) < 4.78 is 5.08. The molecule has 2 rings (SSSR count). The largest absolute Gasteiger partial charge is 0.466 e. The number of hydrogen-bond acceptors (Lipinski definition) is 4. The van der Waals surface area contributed by atoms with Gasteiger partial charge in [-0.15, -0.1) is 11.8 Å². The van der Waals surface area contributed by atoms with Crippen LogP contribution < -0.4 is 0 Å². The van der Waals surface area contributed by atoms with Gasteiger partial charge in [0.15, 0.2) is 0 Å². The number of aryl methyl sites for hydroxylation is 1. The molecule has 0 N–H and O–H groups in total. The Labute approximate surface area is 142 Å². The highest BCUT2D eigenvalue weighted by atomic mass is 32.2. The summed E-state index contributed by atoms with van der Waals surface area (Å²) in [6.07, 6.45) is 1.69. The van der Waals surface area contributed by atoms with Gasteiger partial charge in [-0.1, -0.05) is 24.3 Å². The van der Waals surface area contributed by atoms with Crippen molar-refractivity contribution in [2.45, 2.75) is 32.4 Å². The van der Waals surface area contributed by atoms with Crippen LogP contribution in [0.4, 0.5) is 0 Å². The van der Waals surface area contributed by atoms with Gasteiger partial charge < -0.3 is 9.64 Å². The first-order chi connectivity index (χ1) is 11.1. The molecule has 0 bridgehead atoms. The summed E-state index contributed by atoms with van der Waals surface area (Å²) in [5.74, 6) is 1.10. The molecule has 1 unspecified atom stereocenters. The summed E-state index contributed by atoms with van der Waals surface area (Å²) >= 11 is 1.63. The molecule has 0 aliphatic carbocycles. The number of esters is 1. The lowest BCUT2D eigenvalue weighted by atomic mass is 9.98. The third kappa shape index (κ3) is 5.27. The third-order valence-electron chi connectivity index (χ3n) is 4.14. The second-order valence-electron chi connectivity index (χ2n) is 5.85. The molecule has 5 heteroatoms. The Hall–Kier alpha value is -1.49. The van der Waals surface area contributed by atoms with Crippen LogP contribution in [0.5, 0.6) is 0 Å². The molecule has 1 atom stereocenters. The molecule has 23 heavy (non-hydrogen) atoms. The van der Waals surface area contributed by atoms with Crippen molar-refractivity contribution >= 4 is 23.6 Å². The minimum atomic E-state index is -0.169. The van der Waals surface area contributed by atoms with E-state index in [9.17, 15) is 9.59 Å². The number of thioether (sulfide) groups is 1. The van der Waals surface area contributed by atoms with E-state index in [0.29, 0.717) is 18.9 Å². The van der Waals surface area contributed by atoms with Crippen molar-refractivity contribution in [3.63, 3.8) is 0 Å². The number of ether oxygens (including phenoxy) is 1. The lowest BCUT2D eigenvalue weighted by molar-refractivity contribution is -0.151. The minimum absolute atomic E-state index is 0.123. The molecule has 1 heterocycles. The summed E-state index contributed by atoms with van der Waals surface area (Å²) in [7, 11) is 0. The van der Waals surface area contributed by atoms with Crippen LogP contribution >= 0.6 is 11.8 Å². The minimum Gasteiger partial charge on any atom is -0.466 e. The van der Waals surface area contributed by atoms with Crippen LogP contribution in [0.3, 0.4) is 0 Å². The Balaban J connectivity index is 1.79. The van der Waals surface area contributed by atoms with Crippen LogP contribution in [-0.4, -0.2) is 42.2 Å². The highest BCUT2D eigenvalue weighted by Crippen LogP contribution is 2.20. The smallest absolute Gasteiger partial charge is 0.310 e. The number of rotatable bonds is 6. The fourth-order valence-corrected chi connectivity index (χ4v) is 3.77. The van der Waals surface area contributed by atoms with Crippen LogP contribution in [0.15, 0.2) is 24.3 Å². The molecule has 1 aromatic rings. The Morgan fingerprint density at radius 3 is 2.87 bits per heavy atom. The molecule has 1 fully saturated rings. The maximum Gasteiger partial charge on any atom is 0.310 e. The van der Waals surface area contributed by atoms with Crippen LogP contribution in [0.25, 0.3) is 0 Å². The molecular weight excluding hydrogens is 310 g/mol. The number of carbonyl (C=O) groups is 2. The van der Waals surface area contributed by atoms with Crippen molar-refractivity contribution in [3.8, 4) is 0 Å². The van der Waals surface area contributed by atoms with Gasteiger partial charge >= 0.3 is 5.97 Å². The standard InChI is InChI=1S/C18H25NO3S/c1-3-22-18(21)15-9-6-10-19(11-15)17(20)13-23-12-16-8-5-4-7-14(16)2/h4-5,7-8,15H,3,6,9-13H2,1-2H3. The second kappa shape index (κ2) is 8.96. The first-order valence-electron chi connectivity index (χ1n) is 8.18. The van der Waals surface area contributed by atoms with E-state index in [-0.39, 0.29) is 17.8 Å². The van der Waals surface area contributed by atoms with Crippen molar-refractivity contribution < 1.29 is 14.3 Å². The average Bonchev–Trinajstić information content (AvgIpc) is 2.57. The van der Waals surface area contributed by atoms with Crippen LogP contribution in [0.1, 0.15) is 30.9 Å². The molecule has 0 radical (unpaired) electrons. The van der Waals surface area contributed by atoms with Gasteiger partial charge in [0, 0.05) is 18.8 Å². The van der Waals surface area contributed by atoms with Crippen molar-refractivity contribution in [2.24, 2.45) is 5.92 Å². The van der Waals surface area contributed by atoms with Crippen molar-refractivity contribution in [3.05, 3.63) is 35.4 Å². The quantitative estimate of drug-likeness (QED) is 0.750. The van der Waals surface area contributed by atoms with E-state index in [1.807, 2.05) is 24.0 Å². The van der Waals surface area contributed by atoms with Crippen molar-refractivity contribution in [2.75, 3.05) is 25.4 Å². The number of amides is 1. The van der Waals surface area contributed by atoms with Crippen molar-refractivity contribution in [1.29, 1.82) is 0 Å². The summed E-state index contributed by atoms with van der Waals surface area (Å²) in [5, 5.41) is 0. The van der Waals surface area contributed by atoms with E-state index in [2.05, 4.69) is 19.1 Å². The highest BCUT2D eigenvalue weighted by Gasteiger charge is 2.29. The number of benzene rings is 1. The average molecular weight is 335 g/mol. The number of hydrogen-bond donors (Lipinski definition) is 0. The molecule has 0 saturated carbocycles. The summed E-state index contributed by atoms with van der Waals surface area (Å²) in [6, 6.07) is 8.24. The Morgan fingerprint density at radius 2 is 2.13 bits per heavy atom. The summed E-state index contributed by atoms with van der Waals surface area (Å²) in [6.45, 7) is 5.55. The fraction of sp³-hybridized carbons (Fsp3) is 0.556. The fourth-order valence-electron chi connectivity index (χ4n) is 2.77. The van der Waals surface area contributed by atoms with Gasteiger partial charge in [0.2, 0.25) is 5.91 Å². The number of nitrogens with zero attached hydrogens (tertiary/aromatic N) is 1. The Bertz CT molecular complexity index is 547. The Morgan fingerprint density at radius 1 is 1.35 bits per heavy atom. The van der Waals surface area contributed by atoms with Crippen LogP contribution in [-0.2, 0) is 20.1 Å². The highest BCUT2D eigenvalue weighted by molar-refractivity contribution is 7.99. The lowest BCUT2D eigenvalue weighted by Gasteiger charge is -2.31. The van der Waals surface area contributed by atoms with Crippen LogP contribution in [0.2, 0.25) is 0 Å². The van der Waals surface area contributed by atoms with Gasteiger partial charge in [-0.05, 0) is 37.8 Å². The van der Waals surface area contributed by atoms with E-state index >= 15 is 0 Å². The first kappa shape index (κ1) is 17.9. The zero-order valence-corrected chi connectivity index (χ0v) is 14.7. The molecule has 4 nitrogen and oxygen atoms in total. The van der Waals surface area contributed by atoms with Gasteiger partial charge in [0.05, 0.1) is 18.3 Å². The SMILES string of the molecule is CCOC(=O)C1CCCN(C(=O)CSCc2ccccc2C)C1. The predicted molar refractivity (Wildman–Crippen MR) is 93.3 cm³/mol. The van der Waals surface area contributed by atoms with Gasteiger partial charge in [0.1, 0.15) is 0 Å². The van der Waals surface area contributed by atoms with E-state index in [1.54, 1.807) is 11.8 Å². The lowest BCUT2D eigenvalue weighted by Crippen LogP contribution is -2.43. The molecular formula is C18H25NO3S. The van der Waals surface area contributed by atoms with E-state index in [1.165, 1.54) is 11.1 Å². The monoisotopic (exact) mass is 335 g/mol. The zero-order chi connectivity index (χ0) is 16.7. The molecule has 1 amide bonds. The Kier molecular flexibility index (Phi) is 6.96. The van der Waals surface area contributed by atoms with E-state index in [4.69, 9.17) is 4.74 Å². The van der Waals surface area contributed by atoms with Gasteiger partial charge in [-0.2, -0.15) is 0 Å². The molecule has 1 aliphatic heterocycles. The first-order valence-corrected chi connectivity index (χ1v) is 9.34. The van der Waals surface area contributed by atoms with Crippen molar-refractivity contribution in [1.82, 2.24) is 4.90 Å². The van der Waals surface area contributed by atoms with E-state index in [0.717, 1.165) is 25.1 Å². The molecule has 1 aromatic carbocycles. The van der Waals surface area contributed by atoms with Gasteiger partial charge in [-0.25, -0.2) is 0 Å². The molecule has 1 aliphatic rings. The van der Waals surface area contributed by atoms with Gasteiger partial charge in [-0.3, -0.25) is 9.59 Å². The summed E-state index contributed by atoms with van der Waals surface area (Å²) in [4.78, 5) is 26.0. The second-order valence-corrected chi connectivity index (χ2v) is 6.84. The molecule has 1 saturated heterocycles. The predicted octanol–water partition coefficient (Wildman–Crippen LogP) is 3.03. The van der Waals surface area contributed by atoms with E-state index < -0.39 is 0 Å². The number of likely N-dealkylation sites (tertiary alicyclic amines) is 1. The number of piperidine rings is 1. The maximum atomic E-state index is 12.4. The molecule has 0 aromatic heterocycles. The molecule has 126 valence electrons. The van der Waals surface area contributed by atoms with Gasteiger partial charge in [0.25, 0.3) is 0 Å².